The van der Waals surface area contributed by atoms with E-state index < -0.39 is 0 Å². The number of carbonyl (C=O) groups is 1. The molecule has 3 heterocycles. The summed E-state index contributed by atoms with van der Waals surface area (Å²) >= 11 is 0. The van der Waals surface area contributed by atoms with Crippen molar-refractivity contribution in [2.45, 2.75) is 19.8 Å². The Bertz CT molecular complexity index is 887. The summed E-state index contributed by atoms with van der Waals surface area (Å²) in [4.78, 5) is 22.8. The van der Waals surface area contributed by atoms with Crippen LogP contribution in [0.5, 0.6) is 0 Å². The summed E-state index contributed by atoms with van der Waals surface area (Å²) in [5.74, 6) is 0.979. The lowest BCUT2D eigenvalue weighted by Gasteiger charge is -2.15. The molecule has 0 saturated carbocycles. The average molecular weight is 321 g/mol. The Balaban J connectivity index is 1.43. The first-order valence-corrected chi connectivity index (χ1v) is 8.24. The van der Waals surface area contributed by atoms with Crippen LogP contribution in [0.2, 0.25) is 0 Å². The molecule has 1 aromatic carbocycles. The number of aromatic nitrogens is 2. The summed E-state index contributed by atoms with van der Waals surface area (Å²) < 4.78 is 5.14. The first-order valence-electron chi connectivity index (χ1n) is 8.24. The van der Waals surface area contributed by atoms with Crippen molar-refractivity contribution in [1.29, 1.82) is 0 Å². The van der Waals surface area contributed by atoms with E-state index in [9.17, 15) is 4.79 Å². The zero-order chi connectivity index (χ0) is 16.5. The number of rotatable bonds is 3. The van der Waals surface area contributed by atoms with Gasteiger partial charge in [-0.25, -0.2) is 4.98 Å². The number of likely N-dealkylation sites (tertiary alicyclic amines) is 1. The molecule has 2 aromatic heterocycles. The van der Waals surface area contributed by atoms with Gasteiger partial charge in [-0.2, -0.15) is 0 Å². The molecule has 122 valence electrons. The highest BCUT2D eigenvalue weighted by Gasteiger charge is 2.28. The molecule has 0 N–H and O–H groups in total. The van der Waals surface area contributed by atoms with Crippen molar-refractivity contribution in [1.82, 2.24) is 14.9 Å². The molecular weight excluding hydrogens is 302 g/mol. The van der Waals surface area contributed by atoms with Crippen molar-refractivity contribution in [2.75, 3.05) is 13.1 Å². The van der Waals surface area contributed by atoms with Crippen molar-refractivity contribution in [3.63, 3.8) is 0 Å². The second-order valence-corrected chi connectivity index (χ2v) is 6.39. The summed E-state index contributed by atoms with van der Waals surface area (Å²) in [6.45, 7) is 3.30. The number of oxazole rings is 1. The molecule has 5 heteroatoms. The van der Waals surface area contributed by atoms with Crippen molar-refractivity contribution < 1.29 is 9.21 Å². The van der Waals surface area contributed by atoms with E-state index in [1.165, 1.54) is 17.2 Å². The third-order valence-corrected chi connectivity index (χ3v) is 4.60. The van der Waals surface area contributed by atoms with Gasteiger partial charge in [0.2, 0.25) is 0 Å². The third kappa shape index (κ3) is 2.89. The molecular formula is C19H19N3O2. The zero-order valence-corrected chi connectivity index (χ0v) is 13.6. The number of pyridine rings is 1. The van der Waals surface area contributed by atoms with Gasteiger partial charge < -0.3 is 9.32 Å². The highest BCUT2D eigenvalue weighted by Crippen LogP contribution is 2.24. The second-order valence-electron chi connectivity index (χ2n) is 6.39. The van der Waals surface area contributed by atoms with Crippen molar-refractivity contribution >= 4 is 16.8 Å². The van der Waals surface area contributed by atoms with Gasteiger partial charge in [0.05, 0.1) is 5.52 Å². The minimum atomic E-state index is -0.0305. The molecule has 0 spiro atoms. The van der Waals surface area contributed by atoms with Gasteiger partial charge in [-0.3, -0.25) is 9.78 Å². The van der Waals surface area contributed by atoms with E-state index in [1.54, 1.807) is 6.92 Å². The molecule has 1 unspecified atom stereocenters. The van der Waals surface area contributed by atoms with Crippen LogP contribution in [-0.2, 0) is 6.42 Å². The summed E-state index contributed by atoms with van der Waals surface area (Å²) in [5, 5.41) is 1.17. The first kappa shape index (κ1) is 14.9. The molecule has 0 aliphatic carbocycles. The van der Waals surface area contributed by atoms with E-state index in [0.717, 1.165) is 31.4 Å². The van der Waals surface area contributed by atoms with Gasteiger partial charge in [0.15, 0.2) is 11.6 Å². The van der Waals surface area contributed by atoms with Crippen LogP contribution in [0, 0.1) is 12.8 Å². The highest BCUT2D eigenvalue weighted by atomic mass is 16.3. The first-order chi connectivity index (χ1) is 11.7. The van der Waals surface area contributed by atoms with Crippen LogP contribution in [0.3, 0.4) is 0 Å². The molecule has 0 bridgehead atoms. The average Bonchev–Trinajstić information content (AvgIpc) is 3.23. The molecule has 1 aliphatic heterocycles. The monoisotopic (exact) mass is 321 g/mol. The maximum absolute atomic E-state index is 12.4. The maximum atomic E-state index is 12.4. The fraction of sp³-hybridized carbons (Fsp3) is 0.316. The molecule has 1 saturated heterocycles. The lowest BCUT2D eigenvalue weighted by Crippen LogP contribution is -2.29. The SMILES string of the molecule is Cc1nc(C(=O)N2CCC(Cc3ccc4ncccc4c3)C2)co1. The number of fused-ring (bicyclic) bond motifs is 1. The van der Waals surface area contributed by atoms with Crippen LogP contribution in [0.4, 0.5) is 0 Å². The van der Waals surface area contributed by atoms with E-state index in [-0.39, 0.29) is 5.91 Å². The van der Waals surface area contributed by atoms with Crippen molar-refractivity contribution in [2.24, 2.45) is 5.92 Å². The molecule has 24 heavy (non-hydrogen) atoms. The molecule has 1 aliphatic rings. The highest BCUT2D eigenvalue weighted by molar-refractivity contribution is 5.92. The number of nitrogens with zero attached hydrogens (tertiary/aromatic N) is 3. The topological polar surface area (TPSA) is 59.2 Å². The van der Waals surface area contributed by atoms with Crippen LogP contribution in [0.1, 0.15) is 28.4 Å². The number of amides is 1. The summed E-state index contributed by atoms with van der Waals surface area (Å²) in [6.07, 6.45) is 5.26. The van der Waals surface area contributed by atoms with E-state index in [0.29, 0.717) is 17.5 Å². The van der Waals surface area contributed by atoms with Crippen LogP contribution in [-0.4, -0.2) is 33.9 Å². The van der Waals surface area contributed by atoms with Crippen molar-refractivity contribution in [3.05, 3.63) is 59.9 Å². The molecule has 0 radical (unpaired) electrons. The number of aryl methyl sites for hydroxylation is 1. The molecule has 1 atom stereocenters. The third-order valence-electron chi connectivity index (χ3n) is 4.60. The van der Waals surface area contributed by atoms with Crippen LogP contribution >= 0.6 is 0 Å². The fourth-order valence-electron chi connectivity index (χ4n) is 3.39. The van der Waals surface area contributed by atoms with Gasteiger partial charge in [-0.1, -0.05) is 12.1 Å². The lowest BCUT2D eigenvalue weighted by molar-refractivity contribution is 0.0781. The smallest absolute Gasteiger partial charge is 0.275 e. The Hall–Kier alpha value is -2.69. The molecule has 4 rings (SSSR count). The Morgan fingerprint density at radius 2 is 2.29 bits per heavy atom. The molecule has 3 aromatic rings. The summed E-state index contributed by atoms with van der Waals surface area (Å²) in [5.41, 5.74) is 2.72. The van der Waals surface area contributed by atoms with Crippen LogP contribution < -0.4 is 0 Å². The molecule has 5 nitrogen and oxygen atoms in total. The van der Waals surface area contributed by atoms with E-state index in [2.05, 4.69) is 34.2 Å². The van der Waals surface area contributed by atoms with Crippen LogP contribution in [0.15, 0.2) is 47.2 Å². The van der Waals surface area contributed by atoms with E-state index in [1.807, 2.05) is 17.2 Å². The number of hydrogen-bond donors (Lipinski definition) is 0. The van der Waals surface area contributed by atoms with Gasteiger partial charge >= 0.3 is 0 Å². The number of benzene rings is 1. The number of carbonyl (C=O) groups excluding carboxylic acids is 1. The Labute approximate surface area is 140 Å². The Morgan fingerprint density at radius 1 is 1.38 bits per heavy atom. The van der Waals surface area contributed by atoms with Gasteiger partial charge in [0.25, 0.3) is 5.91 Å². The van der Waals surface area contributed by atoms with Crippen molar-refractivity contribution in [3.8, 4) is 0 Å². The van der Waals surface area contributed by atoms with Gasteiger partial charge in [0, 0.05) is 31.6 Å². The van der Waals surface area contributed by atoms with E-state index in [4.69, 9.17) is 4.42 Å². The van der Waals surface area contributed by atoms with Crippen LogP contribution in [0.25, 0.3) is 10.9 Å². The van der Waals surface area contributed by atoms with Gasteiger partial charge in [-0.05, 0) is 42.5 Å². The Morgan fingerprint density at radius 3 is 3.12 bits per heavy atom. The van der Waals surface area contributed by atoms with E-state index >= 15 is 0 Å². The predicted molar refractivity (Wildman–Crippen MR) is 90.7 cm³/mol. The standard InChI is InChI=1S/C19H19N3O2/c1-13-21-18(12-24-13)19(23)22-8-6-15(11-22)9-14-4-5-17-16(10-14)3-2-7-20-17/h2-5,7,10,12,15H,6,8-9,11H2,1H3. The van der Waals surface area contributed by atoms with Gasteiger partial charge in [-0.15, -0.1) is 0 Å². The zero-order valence-electron chi connectivity index (χ0n) is 13.6. The molecule has 1 amide bonds. The summed E-state index contributed by atoms with van der Waals surface area (Å²) in [6, 6.07) is 10.5. The normalized spacial score (nSPS) is 17.5. The number of hydrogen-bond acceptors (Lipinski definition) is 4. The van der Waals surface area contributed by atoms with Gasteiger partial charge in [0.1, 0.15) is 6.26 Å². The second kappa shape index (κ2) is 6.07. The maximum Gasteiger partial charge on any atom is 0.275 e. The minimum Gasteiger partial charge on any atom is -0.448 e. The molecule has 1 fully saturated rings. The predicted octanol–water partition coefficient (Wildman–Crippen LogP) is 3.24. The minimum absolute atomic E-state index is 0.0305. The quantitative estimate of drug-likeness (QED) is 0.743. The lowest BCUT2D eigenvalue weighted by atomic mass is 9.97. The summed E-state index contributed by atoms with van der Waals surface area (Å²) in [7, 11) is 0. The fourth-order valence-corrected chi connectivity index (χ4v) is 3.39. The largest absolute Gasteiger partial charge is 0.448 e. The Kier molecular flexibility index (Phi) is 3.76.